The number of halogens is 3. The highest BCUT2D eigenvalue weighted by atomic mass is 32.1. The van der Waals surface area contributed by atoms with Crippen LogP contribution in [0.15, 0.2) is 36.4 Å². The van der Waals surface area contributed by atoms with Crippen molar-refractivity contribution in [3.8, 4) is 5.75 Å². The Bertz CT molecular complexity index is 1050. The Labute approximate surface area is 162 Å². The van der Waals surface area contributed by atoms with E-state index in [2.05, 4.69) is 4.98 Å². The molecule has 1 unspecified atom stereocenters. The van der Waals surface area contributed by atoms with Gasteiger partial charge in [0.1, 0.15) is 5.75 Å². The third-order valence-electron chi connectivity index (χ3n) is 4.43. The minimum Gasteiger partial charge on any atom is -0.476 e. The SMILES string of the molecule is CC1(C)Oc2cc(N)cc(C(F)C(F)F)c2N(c2nc3ccccc3s2)C1=O. The van der Waals surface area contributed by atoms with Gasteiger partial charge in [0.15, 0.2) is 16.9 Å². The van der Waals surface area contributed by atoms with Gasteiger partial charge >= 0.3 is 0 Å². The van der Waals surface area contributed by atoms with Gasteiger partial charge < -0.3 is 10.5 Å². The van der Waals surface area contributed by atoms with Gasteiger partial charge in [0.2, 0.25) is 0 Å². The second kappa shape index (κ2) is 6.37. The number of thiazole rings is 1. The summed E-state index contributed by atoms with van der Waals surface area (Å²) in [5.74, 6) is -0.478. The molecule has 1 aromatic heterocycles. The van der Waals surface area contributed by atoms with E-state index in [9.17, 15) is 18.0 Å². The monoisotopic (exact) mass is 407 g/mol. The van der Waals surface area contributed by atoms with Crippen molar-refractivity contribution in [1.82, 2.24) is 4.98 Å². The first-order valence-corrected chi connectivity index (χ1v) is 9.25. The zero-order valence-corrected chi connectivity index (χ0v) is 15.8. The number of ether oxygens (including phenoxy) is 1. The first-order valence-electron chi connectivity index (χ1n) is 8.44. The number of carbonyl (C=O) groups excluding carboxylic acids is 1. The first-order chi connectivity index (χ1) is 13.2. The highest BCUT2D eigenvalue weighted by Crippen LogP contribution is 2.49. The van der Waals surface area contributed by atoms with Crippen LogP contribution in [0.2, 0.25) is 0 Å². The summed E-state index contributed by atoms with van der Waals surface area (Å²) in [5.41, 5.74) is 4.67. The molecule has 9 heteroatoms. The number of fused-ring (bicyclic) bond motifs is 2. The maximum absolute atomic E-state index is 14.4. The Morgan fingerprint density at radius 3 is 2.61 bits per heavy atom. The van der Waals surface area contributed by atoms with Crippen molar-refractivity contribution >= 4 is 44.0 Å². The van der Waals surface area contributed by atoms with Gasteiger partial charge in [0.05, 0.1) is 15.9 Å². The fraction of sp³-hybridized carbons (Fsp3) is 0.263. The Morgan fingerprint density at radius 1 is 1.21 bits per heavy atom. The van der Waals surface area contributed by atoms with E-state index in [1.165, 1.54) is 17.4 Å². The summed E-state index contributed by atoms with van der Waals surface area (Å²) in [6, 6.07) is 9.72. The molecule has 1 amide bonds. The fourth-order valence-electron chi connectivity index (χ4n) is 3.14. The number of nitrogens with zero attached hydrogens (tertiary/aromatic N) is 2. The van der Waals surface area contributed by atoms with E-state index in [4.69, 9.17) is 10.5 Å². The molecule has 1 aliphatic heterocycles. The number of nitrogens with two attached hydrogens (primary N) is 1. The average Bonchev–Trinajstić information content (AvgIpc) is 3.05. The number of anilines is 3. The van der Waals surface area contributed by atoms with Crippen molar-refractivity contribution in [3.05, 3.63) is 42.0 Å². The number of hydrogen-bond acceptors (Lipinski definition) is 5. The largest absolute Gasteiger partial charge is 0.476 e. The van der Waals surface area contributed by atoms with Crippen LogP contribution in [0.3, 0.4) is 0 Å². The quantitative estimate of drug-likeness (QED) is 0.621. The lowest BCUT2D eigenvalue weighted by atomic mass is 9.99. The van der Waals surface area contributed by atoms with Gasteiger partial charge in [-0.2, -0.15) is 0 Å². The molecular weight excluding hydrogens is 391 g/mol. The summed E-state index contributed by atoms with van der Waals surface area (Å²) in [6.45, 7) is 3.09. The maximum Gasteiger partial charge on any atom is 0.277 e. The molecule has 2 aromatic carbocycles. The van der Waals surface area contributed by atoms with E-state index in [-0.39, 0.29) is 22.3 Å². The molecule has 1 aliphatic rings. The van der Waals surface area contributed by atoms with Crippen LogP contribution < -0.4 is 15.4 Å². The predicted octanol–water partition coefficient (Wildman–Crippen LogP) is 4.99. The molecule has 0 saturated carbocycles. The van der Waals surface area contributed by atoms with Gasteiger partial charge in [-0.05, 0) is 32.0 Å². The average molecular weight is 407 g/mol. The zero-order valence-electron chi connectivity index (χ0n) is 14.9. The van der Waals surface area contributed by atoms with Crippen molar-refractivity contribution in [2.45, 2.75) is 32.0 Å². The van der Waals surface area contributed by atoms with Crippen LogP contribution in [0.25, 0.3) is 10.2 Å². The lowest BCUT2D eigenvalue weighted by molar-refractivity contribution is -0.131. The van der Waals surface area contributed by atoms with Crippen molar-refractivity contribution in [1.29, 1.82) is 0 Å². The zero-order chi connectivity index (χ0) is 20.2. The molecule has 5 nitrogen and oxygen atoms in total. The van der Waals surface area contributed by atoms with E-state index in [0.717, 1.165) is 15.7 Å². The molecular formula is C19H16F3N3O2S. The third kappa shape index (κ3) is 2.86. The van der Waals surface area contributed by atoms with Gasteiger partial charge in [0.25, 0.3) is 12.3 Å². The number of carbonyl (C=O) groups is 1. The third-order valence-corrected chi connectivity index (χ3v) is 5.45. The lowest BCUT2D eigenvalue weighted by Gasteiger charge is -2.39. The predicted molar refractivity (Wildman–Crippen MR) is 102 cm³/mol. The van der Waals surface area contributed by atoms with Gasteiger partial charge in [0, 0.05) is 17.3 Å². The smallest absolute Gasteiger partial charge is 0.277 e. The molecule has 0 bridgehead atoms. The summed E-state index contributed by atoms with van der Waals surface area (Å²) >= 11 is 1.20. The van der Waals surface area contributed by atoms with Gasteiger partial charge in [-0.25, -0.2) is 23.1 Å². The summed E-state index contributed by atoms with van der Waals surface area (Å²) in [4.78, 5) is 18.7. The molecule has 1 atom stereocenters. The number of aromatic nitrogens is 1. The molecule has 0 fully saturated rings. The highest BCUT2D eigenvalue weighted by molar-refractivity contribution is 7.22. The fourth-order valence-corrected chi connectivity index (χ4v) is 4.11. The highest BCUT2D eigenvalue weighted by Gasteiger charge is 2.45. The molecule has 0 spiro atoms. The Kier molecular flexibility index (Phi) is 4.22. The number of para-hydroxylation sites is 1. The first kappa shape index (κ1) is 18.5. The minimum atomic E-state index is -3.28. The van der Waals surface area contributed by atoms with Crippen LogP contribution in [0.4, 0.5) is 29.7 Å². The number of amides is 1. The van der Waals surface area contributed by atoms with E-state index in [1.54, 1.807) is 26.0 Å². The number of nitrogen functional groups attached to an aromatic ring is 1. The van der Waals surface area contributed by atoms with Crippen LogP contribution in [-0.2, 0) is 4.79 Å². The normalized spacial score (nSPS) is 16.9. The number of benzene rings is 2. The van der Waals surface area contributed by atoms with E-state index >= 15 is 0 Å². The molecule has 3 aromatic rings. The molecule has 0 aliphatic carbocycles. The van der Waals surface area contributed by atoms with Gasteiger partial charge in [-0.3, -0.25) is 4.79 Å². The second-order valence-electron chi connectivity index (χ2n) is 6.91. The minimum absolute atomic E-state index is 0.0576. The maximum atomic E-state index is 14.4. The van der Waals surface area contributed by atoms with Crippen molar-refractivity contribution in [2.75, 3.05) is 10.6 Å². The lowest BCUT2D eigenvalue weighted by Crippen LogP contribution is -2.51. The molecule has 0 radical (unpaired) electrons. The molecule has 4 rings (SSSR count). The standard InChI is InChI=1S/C19H16F3N3O2S/c1-19(2)17(26)25(18-24-11-5-3-4-6-13(11)28-18)15-10(14(20)16(21)22)7-9(23)8-12(15)27-19/h3-8,14,16H,23H2,1-2H3. The molecule has 146 valence electrons. The summed E-state index contributed by atoms with van der Waals surface area (Å²) in [7, 11) is 0. The molecule has 2 N–H and O–H groups in total. The number of hydrogen-bond donors (Lipinski definition) is 1. The molecule has 0 saturated heterocycles. The van der Waals surface area contributed by atoms with E-state index in [1.807, 2.05) is 12.1 Å². The summed E-state index contributed by atoms with van der Waals surface area (Å²) in [6.07, 6.45) is -5.92. The Hall–Kier alpha value is -2.81. The van der Waals surface area contributed by atoms with Crippen LogP contribution in [0.5, 0.6) is 5.75 Å². The van der Waals surface area contributed by atoms with Crippen LogP contribution in [0.1, 0.15) is 25.6 Å². The van der Waals surface area contributed by atoms with Crippen LogP contribution in [-0.4, -0.2) is 22.9 Å². The van der Waals surface area contributed by atoms with E-state index < -0.39 is 29.7 Å². The molecule has 28 heavy (non-hydrogen) atoms. The van der Waals surface area contributed by atoms with Crippen molar-refractivity contribution in [2.24, 2.45) is 0 Å². The Balaban J connectivity index is 2.00. The van der Waals surface area contributed by atoms with Crippen LogP contribution in [0, 0.1) is 0 Å². The van der Waals surface area contributed by atoms with Crippen molar-refractivity contribution < 1.29 is 22.7 Å². The van der Waals surface area contributed by atoms with Gasteiger partial charge in [-0.1, -0.05) is 23.5 Å². The topological polar surface area (TPSA) is 68.5 Å². The van der Waals surface area contributed by atoms with Crippen LogP contribution >= 0.6 is 11.3 Å². The summed E-state index contributed by atoms with van der Waals surface area (Å²) in [5, 5.41) is 0.247. The number of rotatable bonds is 3. The van der Waals surface area contributed by atoms with Crippen molar-refractivity contribution in [3.63, 3.8) is 0 Å². The summed E-state index contributed by atoms with van der Waals surface area (Å²) < 4.78 is 47.3. The molecule has 2 heterocycles. The second-order valence-corrected chi connectivity index (χ2v) is 7.92. The van der Waals surface area contributed by atoms with E-state index in [0.29, 0.717) is 5.52 Å². The van der Waals surface area contributed by atoms with Gasteiger partial charge in [-0.15, -0.1) is 0 Å². The Morgan fingerprint density at radius 2 is 1.93 bits per heavy atom. The number of alkyl halides is 3.